The van der Waals surface area contributed by atoms with Crippen LogP contribution >= 0.6 is 0 Å². The van der Waals surface area contributed by atoms with E-state index in [9.17, 15) is 9.18 Å². The Morgan fingerprint density at radius 3 is 2.79 bits per heavy atom. The number of rotatable bonds is 3. The highest BCUT2D eigenvalue weighted by Gasteiger charge is 2.31. The van der Waals surface area contributed by atoms with Gasteiger partial charge in [-0.1, -0.05) is 6.07 Å². The van der Waals surface area contributed by atoms with Crippen LogP contribution in [0.3, 0.4) is 0 Å². The van der Waals surface area contributed by atoms with Gasteiger partial charge in [-0.15, -0.1) is 0 Å². The van der Waals surface area contributed by atoms with Crippen LogP contribution in [0.2, 0.25) is 0 Å². The predicted molar refractivity (Wildman–Crippen MR) is 142 cm³/mol. The summed E-state index contributed by atoms with van der Waals surface area (Å²) in [6.45, 7) is 2.57. The molecule has 0 spiro atoms. The van der Waals surface area contributed by atoms with E-state index in [0.29, 0.717) is 41.6 Å². The number of pyridine rings is 2. The molecule has 1 saturated carbocycles. The maximum atomic E-state index is 14.5. The Morgan fingerprint density at radius 2 is 2.03 bits per heavy atom. The van der Waals surface area contributed by atoms with Crippen molar-refractivity contribution in [1.82, 2.24) is 24.6 Å². The van der Waals surface area contributed by atoms with Crippen molar-refractivity contribution < 1.29 is 13.9 Å². The van der Waals surface area contributed by atoms with Crippen molar-refractivity contribution in [3.05, 3.63) is 77.0 Å². The van der Waals surface area contributed by atoms with Gasteiger partial charge in [0.15, 0.2) is 17.3 Å². The third kappa shape index (κ3) is 4.27. The van der Waals surface area contributed by atoms with E-state index >= 15 is 0 Å². The minimum atomic E-state index is -0.531. The van der Waals surface area contributed by atoms with Crippen LogP contribution in [0.1, 0.15) is 53.0 Å². The van der Waals surface area contributed by atoms with Crippen molar-refractivity contribution >= 4 is 11.7 Å². The molecule has 1 atom stereocenters. The second kappa shape index (κ2) is 9.24. The van der Waals surface area contributed by atoms with Crippen LogP contribution < -0.4 is 10.5 Å². The third-order valence-corrected chi connectivity index (χ3v) is 7.21. The molecule has 2 aliphatic rings. The first-order valence-corrected chi connectivity index (χ1v) is 12.8. The zero-order valence-electron chi connectivity index (χ0n) is 21.6. The van der Waals surface area contributed by atoms with Gasteiger partial charge >= 0.3 is 0 Å². The average Bonchev–Trinajstić information content (AvgIpc) is 3.65. The lowest BCUT2D eigenvalue weighted by Crippen LogP contribution is -2.23. The number of carbonyl (C=O) groups is 1. The van der Waals surface area contributed by atoms with Gasteiger partial charge in [-0.25, -0.2) is 9.37 Å². The van der Waals surface area contributed by atoms with Crippen molar-refractivity contribution in [3.8, 4) is 28.3 Å². The molecule has 0 radical (unpaired) electrons. The summed E-state index contributed by atoms with van der Waals surface area (Å²) in [5, 5.41) is 4.86. The molecule has 3 aromatic heterocycles. The van der Waals surface area contributed by atoms with Crippen LogP contribution in [0.25, 0.3) is 22.5 Å². The standard InChI is InChI=1S/C29H29FN6O2/c1-16-22-13-20(30)8-9-21(22)25-18(5-4-10-32-25)11-23-26(29(37)35(2)3)34-36(15-17-6-7-17)27(23)19-12-24(38-16)28(31)33-14-19/h4-5,8-10,12-14,16-17H,6-7,11,15H2,1-3H3,(H2,31,33)/t16-/m1/s1. The molecule has 1 aliphatic carbocycles. The fourth-order valence-electron chi connectivity index (χ4n) is 5.08. The number of anilines is 1. The average molecular weight is 513 g/mol. The van der Waals surface area contributed by atoms with Gasteiger partial charge < -0.3 is 15.4 Å². The van der Waals surface area contributed by atoms with Crippen molar-refractivity contribution in [1.29, 1.82) is 0 Å². The molecular weight excluding hydrogens is 483 g/mol. The van der Waals surface area contributed by atoms with Gasteiger partial charge in [0.25, 0.3) is 5.91 Å². The largest absolute Gasteiger partial charge is 0.482 e. The zero-order valence-corrected chi connectivity index (χ0v) is 21.6. The SMILES string of the molecule is C[C@H]1Oc2cc(cnc2N)-c2c(c(C(=O)N(C)C)nn2CC2CC2)Cc2cccnc2-c2ccc(F)cc21. The first-order chi connectivity index (χ1) is 18.3. The zero-order chi connectivity index (χ0) is 26.6. The van der Waals surface area contributed by atoms with E-state index < -0.39 is 6.10 Å². The fourth-order valence-corrected chi connectivity index (χ4v) is 5.08. The molecule has 2 N–H and O–H groups in total. The molecular formula is C29H29FN6O2. The number of fused-ring (bicyclic) bond motifs is 7. The number of nitrogens with two attached hydrogens (primary N) is 1. The molecule has 8 nitrogen and oxygen atoms in total. The molecule has 1 amide bonds. The molecule has 1 aromatic carbocycles. The lowest BCUT2D eigenvalue weighted by atomic mass is 9.92. The van der Waals surface area contributed by atoms with E-state index in [1.807, 2.05) is 29.8 Å². The van der Waals surface area contributed by atoms with Crippen LogP contribution in [0, 0.1) is 11.7 Å². The van der Waals surface area contributed by atoms with Crippen LogP contribution in [0.15, 0.2) is 48.8 Å². The molecule has 0 saturated heterocycles. The normalized spacial score (nSPS) is 16.3. The molecule has 4 heterocycles. The number of halogens is 1. The first kappa shape index (κ1) is 24.1. The lowest BCUT2D eigenvalue weighted by Gasteiger charge is -2.22. The van der Waals surface area contributed by atoms with Gasteiger partial charge in [-0.2, -0.15) is 5.10 Å². The smallest absolute Gasteiger partial charge is 0.274 e. The summed E-state index contributed by atoms with van der Waals surface area (Å²) < 4.78 is 22.7. The highest BCUT2D eigenvalue weighted by molar-refractivity contribution is 5.95. The second-order valence-electron chi connectivity index (χ2n) is 10.3. The van der Waals surface area contributed by atoms with Crippen LogP contribution in [-0.4, -0.2) is 44.7 Å². The van der Waals surface area contributed by atoms with Crippen molar-refractivity contribution in [2.75, 3.05) is 19.8 Å². The maximum Gasteiger partial charge on any atom is 0.274 e. The monoisotopic (exact) mass is 512 g/mol. The molecule has 2 bridgehead atoms. The number of nitrogens with zero attached hydrogens (tertiary/aromatic N) is 5. The van der Waals surface area contributed by atoms with Gasteiger partial charge in [0.05, 0.1) is 11.4 Å². The number of nitrogen functional groups attached to an aromatic ring is 1. The van der Waals surface area contributed by atoms with E-state index in [1.165, 1.54) is 12.1 Å². The van der Waals surface area contributed by atoms with Gasteiger partial charge in [0.2, 0.25) is 0 Å². The number of hydrogen-bond donors (Lipinski definition) is 1. The van der Waals surface area contributed by atoms with Crippen molar-refractivity contribution in [2.45, 2.75) is 38.8 Å². The Labute approximate surface area is 220 Å². The molecule has 0 unspecified atom stereocenters. The molecule has 9 heteroatoms. The summed E-state index contributed by atoms with van der Waals surface area (Å²) in [5.41, 5.74) is 12.0. The van der Waals surface area contributed by atoms with E-state index in [-0.39, 0.29) is 17.5 Å². The Balaban J connectivity index is 1.66. The summed E-state index contributed by atoms with van der Waals surface area (Å²) in [7, 11) is 3.45. The summed E-state index contributed by atoms with van der Waals surface area (Å²) in [6, 6.07) is 10.3. The number of amides is 1. The van der Waals surface area contributed by atoms with E-state index in [4.69, 9.17) is 20.6 Å². The molecule has 6 rings (SSSR count). The van der Waals surface area contributed by atoms with Gasteiger partial charge in [0.1, 0.15) is 11.9 Å². The second-order valence-corrected chi connectivity index (χ2v) is 10.3. The lowest BCUT2D eigenvalue weighted by molar-refractivity contribution is 0.0820. The summed E-state index contributed by atoms with van der Waals surface area (Å²) in [5.74, 6) is 0.595. The molecule has 38 heavy (non-hydrogen) atoms. The minimum absolute atomic E-state index is 0.177. The van der Waals surface area contributed by atoms with Crippen molar-refractivity contribution in [2.24, 2.45) is 5.92 Å². The molecule has 1 aliphatic heterocycles. The highest BCUT2D eigenvalue weighted by atomic mass is 19.1. The summed E-state index contributed by atoms with van der Waals surface area (Å²) >= 11 is 0. The maximum absolute atomic E-state index is 14.5. The summed E-state index contributed by atoms with van der Waals surface area (Å²) in [6.07, 6.45) is 5.57. The van der Waals surface area contributed by atoms with Crippen LogP contribution in [-0.2, 0) is 13.0 Å². The number of aromatic nitrogens is 4. The summed E-state index contributed by atoms with van der Waals surface area (Å²) in [4.78, 5) is 24.1. The Bertz CT molecular complexity index is 1560. The molecule has 194 valence electrons. The topological polar surface area (TPSA) is 99.2 Å². The fraction of sp³-hybridized carbons (Fsp3) is 0.310. The van der Waals surface area contributed by atoms with Crippen LogP contribution in [0.5, 0.6) is 5.75 Å². The quantitative estimate of drug-likeness (QED) is 0.420. The first-order valence-electron chi connectivity index (χ1n) is 12.8. The Morgan fingerprint density at radius 1 is 1.21 bits per heavy atom. The van der Waals surface area contributed by atoms with Crippen LogP contribution in [0.4, 0.5) is 10.2 Å². The number of carbonyl (C=O) groups excluding carboxylic acids is 1. The number of ether oxygens (including phenoxy) is 1. The van der Waals surface area contributed by atoms with E-state index in [1.54, 1.807) is 37.5 Å². The Kier molecular flexibility index (Phi) is 5.86. The Hall–Kier alpha value is -4.27. The van der Waals surface area contributed by atoms with Gasteiger partial charge in [0, 0.05) is 61.7 Å². The van der Waals surface area contributed by atoms with Gasteiger partial charge in [-0.3, -0.25) is 14.5 Å². The third-order valence-electron chi connectivity index (χ3n) is 7.21. The minimum Gasteiger partial charge on any atom is -0.482 e. The van der Waals surface area contributed by atoms with Gasteiger partial charge in [-0.05, 0) is 61.6 Å². The molecule has 4 aromatic rings. The number of hydrogen-bond acceptors (Lipinski definition) is 6. The van der Waals surface area contributed by atoms with E-state index in [0.717, 1.165) is 40.8 Å². The van der Waals surface area contributed by atoms with E-state index in [2.05, 4.69) is 4.98 Å². The predicted octanol–water partition coefficient (Wildman–Crippen LogP) is 4.88. The highest BCUT2D eigenvalue weighted by Crippen LogP contribution is 2.40. The molecule has 1 fully saturated rings. The number of benzene rings is 1. The van der Waals surface area contributed by atoms with Crippen molar-refractivity contribution in [3.63, 3.8) is 0 Å².